The van der Waals surface area contributed by atoms with Crippen molar-refractivity contribution in [1.29, 1.82) is 5.26 Å². The average molecular weight is 466 g/mol. The molecule has 0 atom stereocenters. The average Bonchev–Trinajstić information content (AvgIpc) is 2.69. The van der Waals surface area contributed by atoms with Crippen LogP contribution in [0.1, 0.15) is 16.8 Å². The molecule has 0 fully saturated rings. The first-order chi connectivity index (χ1) is 14.6. The number of carbonyl (C=O) groups excluding carboxylic acids is 1. The summed E-state index contributed by atoms with van der Waals surface area (Å²) < 4.78 is 37.0. The van der Waals surface area contributed by atoms with Gasteiger partial charge < -0.3 is 14.5 Å². The third-order valence-electron chi connectivity index (χ3n) is 3.81. The molecule has 2 rings (SSSR count). The van der Waals surface area contributed by atoms with E-state index < -0.39 is 28.3 Å². The Morgan fingerprint density at radius 2 is 2.03 bits per heavy atom. The first-order valence-electron chi connectivity index (χ1n) is 8.56. The predicted molar refractivity (Wildman–Crippen MR) is 115 cm³/mol. The lowest BCUT2D eigenvalue weighted by Crippen LogP contribution is -2.41. The number of amides is 1. The van der Waals surface area contributed by atoms with Crippen molar-refractivity contribution < 1.29 is 22.7 Å². The first-order valence-corrected chi connectivity index (χ1v) is 10.4. The molecule has 11 nitrogen and oxygen atoms in total. The van der Waals surface area contributed by atoms with Gasteiger partial charge in [0.2, 0.25) is 0 Å². The second-order valence-electron chi connectivity index (χ2n) is 6.12. The molecule has 3 N–H and O–H groups in total. The van der Waals surface area contributed by atoms with Crippen LogP contribution in [-0.2, 0) is 15.0 Å². The fourth-order valence-corrected chi connectivity index (χ4v) is 3.03. The van der Waals surface area contributed by atoms with E-state index in [1.165, 1.54) is 33.4 Å². The zero-order chi connectivity index (χ0) is 23.2. The molecule has 0 unspecified atom stereocenters. The Kier molecular flexibility index (Phi) is 7.70. The van der Waals surface area contributed by atoms with Crippen molar-refractivity contribution in [3.8, 4) is 17.6 Å². The Morgan fingerprint density at radius 1 is 1.32 bits per heavy atom. The number of nitrogens with one attached hydrogen (secondary N) is 3. The van der Waals surface area contributed by atoms with E-state index in [1.807, 2.05) is 4.72 Å². The lowest BCUT2D eigenvalue weighted by Gasteiger charge is -2.15. The van der Waals surface area contributed by atoms with E-state index >= 15 is 0 Å². The molecular weight excluding hydrogens is 446 g/mol. The van der Waals surface area contributed by atoms with Gasteiger partial charge in [-0.25, -0.2) is 4.72 Å². The third kappa shape index (κ3) is 6.01. The Bertz CT molecular complexity index is 1270. The van der Waals surface area contributed by atoms with E-state index in [-0.39, 0.29) is 27.5 Å². The topological polar surface area (TPSA) is 157 Å². The molecule has 164 valence electrons. The molecule has 0 aliphatic heterocycles. The quantitative estimate of drug-likeness (QED) is 0.483. The van der Waals surface area contributed by atoms with Crippen LogP contribution in [0.15, 0.2) is 23.0 Å². The maximum Gasteiger partial charge on any atom is 0.303 e. The third-order valence-corrected chi connectivity index (χ3v) is 5.46. The van der Waals surface area contributed by atoms with Gasteiger partial charge in [-0.1, -0.05) is 12.1 Å². The number of rotatable bonds is 8. The van der Waals surface area contributed by atoms with Crippen molar-refractivity contribution in [2.75, 3.05) is 27.8 Å². The molecule has 0 spiro atoms. The van der Waals surface area contributed by atoms with Crippen molar-refractivity contribution in [1.82, 2.24) is 19.0 Å². The van der Waals surface area contributed by atoms with Crippen LogP contribution in [0.5, 0.6) is 11.5 Å². The lowest BCUT2D eigenvalue weighted by atomic mass is 10.1. The van der Waals surface area contributed by atoms with Crippen LogP contribution in [-0.4, -0.2) is 56.4 Å². The summed E-state index contributed by atoms with van der Waals surface area (Å²) in [7, 11) is -0.0158. The molecule has 0 aliphatic carbocycles. The van der Waals surface area contributed by atoms with Crippen LogP contribution in [0.2, 0.25) is 0 Å². The Hall–Kier alpha value is -3.47. The molecular formula is C18H19N5O6S2. The highest BCUT2D eigenvalue weighted by Crippen LogP contribution is 2.32. The van der Waals surface area contributed by atoms with Gasteiger partial charge in [0.25, 0.3) is 11.5 Å². The number of H-pyrrole nitrogens is 2. The summed E-state index contributed by atoms with van der Waals surface area (Å²) in [6, 6.07) is 6.67. The SMILES string of the molecule is COc1cccc(/C=C/c2[nH]c(=S)[nH]c(=O)c2C#N)c1OCC(=O)NS(=O)(=O)N(C)C. The van der Waals surface area contributed by atoms with Gasteiger partial charge in [-0.05, 0) is 30.4 Å². The van der Waals surface area contributed by atoms with Gasteiger partial charge in [0.05, 0.1) is 12.8 Å². The highest BCUT2D eigenvalue weighted by molar-refractivity contribution is 7.87. The van der Waals surface area contributed by atoms with Crippen LogP contribution < -0.4 is 19.8 Å². The number of ether oxygens (including phenoxy) is 2. The van der Waals surface area contributed by atoms with Gasteiger partial charge >= 0.3 is 10.2 Å². The molecule has 13 heteroatoms. The second kappa shape index (κ2) is 10.0. The maximum absolute atomic E-state index is 12.0. The van der Waals surface area contributed by atoms with Crippen molar-refractivity contribution in [3.63, 3.8) is 0 Å². The summed E-state index contributed by atoms with van der Waals surface area (Å²) in [6.45, 7) is -0.606. The molecule has 1 aromatic heterocycles. The number of aromatic nitrogens is 2. The van der Waals surface area contributed by atoms with Crippen molar-refractivity contribution in [3.05, 3.63) is 50.1 Å². The number of carbonyl (C=O) groups is 1. The number of hydrogen-bond donors (Lipinski definition) is 3. The minimum absolute atomic E-state index is 0.0459. The molecule has 0 saturated carbocycles. The molecule has 0 aliphatic rings. The van der Waals surface area contributed by atoms with Crippen LogP contribution in [0.25, 0.3) is 12.2 Å². The van der Waals surface area contributed by atoms with Gasteiger partial charge in [-0.2, -0.15) is 18.0 Å². The Labute approximate surface area is 183 Å². The zero-order valence-corrected chi connectivity index (χ0v) is 18.4. The summed E-state index contributed by atoms with van der Waals surface area (Å²) in [4.78, 5) is 28.9. The molecule has 0 saturated heterocycles. The van der Waals surface area contributed by atoms with Crippen LogP contribution in [0.3, 0.4) is 0 Å². The molecule has 0 bridgehead atoms. The zero-order valence-electron chi connectivity index (χ0n) is 16.8. The molecule has 1 aromatic carbocycles. The molecule has 0 radical (unpaired) electrons. The number of hydrogen-bond acceptors (Lipinski definition) is 8. The van der Waals surface area contributed by atoms with Gasteiger partial charge in [0.1, 0.15) is 11.6 Å². The largest absolute Gasteiger partial charge is 0.493 e. The summed E-state index contributed by atoms with van der Waals surface area (Å²) in [5.41, 5.74) is -0.179. The minimum Gasteiger partial charge on any atom is -0.493 e. The number of nitrogens with zero attached hydrogens (tertiary/aromatic N) is 2. The standard InChI is InChI=1S/C18H19N5O6S2/c1-23(2)31(26,27)22-15(24)10-29-16-11(5-4-6-14(16)28-3)7-8-13-12(9-19)17(25)21-18(30)20-13/h4-8H,10H2,1-3H3,(H,22,24)(H2,20,21,25,30)/b8-7+. The van der Waals surface area contributed by atoms with E-state index in [0.717, 1.165) is 4.31 Å². The van der Waals surface area contributed by atoms with E-state index in [2.05, 4.69) is 9.97 Å². The molecule has 1 heterocycles. The second-order valence-corrected chi connectivity index (χ2v) is 8.41. The van der Waals surface area contributed by atoms with E-state index in [9.17, 15) is 23.3 Å². The van der Waals surface area contributed by atoms with Crippen molar-refractivity contribution in [2.24, 2.45) is 0 Å². The van der Waals surface area contributed by atoms with Crippen LogP contribution in [0, 0.1) is 16.1 Å². The normalized spacial score (nSPS) is 11.3. The van der Waals surface area contributed by atoms with Crippen LogP contribution in [0.4, 0.5) is 0 Å². The predicted octanol–water partition coefficient (Wildman–Crippen LogP) is 0.785. The fourth-order valence-electron chi connectivity index (χ4n) is 2.29. The highest BCUT2D eigenvalue weighted by Gasteiger charge is 2.18. The number of nitriles is 1. The van der Waals surface area contributed by atoms with E-state index in [0.29, 0.717) is 5.56 Å². The first kappa shape index (κ1) is 23.8. The van der Waals surface area contributed by atoms with Crippen molar-refractivity contribution in [2.45, 2.75) is 0 Å². The molecule has 31 heavy (non-hydrogen) atoms. The Morgan fingerprint density at radius 3 is 2.65 bits per heavy atom. The number of methoxy groups -OCH3 is 1. The summed E-state index contributed by atoms with van der Waals surface area (Å²) in [5.74, 6) is -0.453. The van der Waals surface area contributed by atoms with Gasteiger partial charge in [0, 0.05) is 19.7 Å². The van der Waals surface area contributed by atoms with Crippen LogP contribution >= 0.6 is 12.2 Å². The highest BCUT2D eigenvalue weighted by atomic mass is 32.2. The monoisotopic (exact) mass is 465 g/mol. The number of para-hydroxylation sites is 1. The van der Waals surface area contributed by atoms with E-state index in [1.54, 1.807) is 24.3 Å². The molecule has 1 amide bonds. The summed E-state index contributed by atoms with van der Waals surface area (Å²) in [6.07, 6.45) is 2.97. The molecule has 2 aromatic rings. The number of aromatic amines is 2. The van der Waals surface area contributed by atoms with Crippen molar-refractivity contribution >= 4 is 40.5 Å². The number of benzene rings is 1. The maximum atomic E-state index is 12.0. The summed E-state index contributed by atoms with van der Waals surface area (Å²) in [5, 5.41) is 9.20. The van der Waals surface area contributed by atoms with Gasteiger partial charge in [0.15, 0.2) is 22.9 Å². The van der Waals surface area contributed by atoms with Gasteiger partial charge in [-0.3, -0.25) is 14.6 Å². The summed E-state index contributed by atoms with van der Waals surface area (Å²) >= 11 is 4.93. The van der Waals surface area contributed by atoms with Gasteiger partial charge in [-0.15, -0.1) is 0 Å². The lowest BCUT2D eigenvalue weighted by molar-refractivity contribution is -0.121. The van der Waals surface area contributed by atoms with E-state index in [4.69, 9.17) is 21.7 Å². The smallest absolute Gasteiger partial charge is 0.303 e. The minimum atomic E-state index is -3.96. The Balaban J connectivity index is 2.35. The fraction of sp³-hybridized carbons (Fsp3) is 0.222.